The number of benzene rings is 1. The van der Waals surface area contributed by atoms with Crippen LogP contribution in [0.2, 0.25) is 5.02 Å². The molecule has 3 N–H and O–H groups in total. The molecular formula is C17H26ClIN4O. The van der Waals surface area contributed by atoms with Gasteiger partial charge < -0.3 is 16.0 Å². The third kappa shape index (κ3) is 7.70. The molecule has 5 nitrogen and oxygen atoms in total. The van der Waals surface area contributed by atoms with Crippen molar-refractivity contribution in [1.29, 1.82) is 0 Å². The van der Waals surface area contributed by atoms with Crippen molar-refractivity contribution in [3.63, 3.8) is 0 Å². The first-order chi connectivity index (χ1) is 11.2. The third-order valence-corrected chi connectivity index (χ3v) is 4.24. The molecule has 1 aliphatic carbocycles. The largest absolute Gasteiger partial charge is 0.352 e. The maximum atomic E-state index is 12.0. The summed E-state index contributed by atoms with van der Waals surface area (Å²) in [4.78, 5) is 16.1. The second kappa shape index (κ2) is 11.5. The van der Waals surface area contributed by atoms with Gasteiger partial charge in [0.1, 0.15) is 0 Å². The van der Waals surface area contributed by atoms with Gasteiger partial charge in [-0.1, -0.05) is 43.0 Å². The second-order valence-electron chi connectivity index (χ2n) is 5.81. The molecule has 1 amide bonds. The summed E-state index contributed by atoms with van der Waals surface area (Å²) in [6, 6.07) is 7.96. The van der Waals surface area contributed by atoms with E-state index in [9.17, 15) is 4.79 Å². The van der Waals surface area contributed by atoms with Crippen LogP contribution in [0.4, 0.5) is 0 Å². The molecule has 134 valence electrons. The molecule has 1 aromatic carbocycles. The van der Waals surface area contributed by atoms with Crippen molar-refractivity contribution in [2.45, 2.75) is 44.7 Å². The highest BCUT2D eigenvalue weighted by molar-refractivity contribution is 14.0. The molecule has 7 heteroatoms. The van der Waals surface area contributed by atoms with Crippen molar-refractivity contribution in [2.24, 2.45) is 4.99 Å². The number of nitrogens with one attached hydrogen (secondary N) is 3. The predicted octanol–water partition coefficient (Wildman–Crippen LogP) is 3.07. The van der Waals surface area contributed by atoms with Crippen molar-refractivity contribution < 1.29 is 4.79 Å². The number of rotatable bonds is 5. The fourth-order valence-electron chi connectivity index (χ4n) is 2.70. The molecule has 0 spiro atoms. The van der Waals surface area contributed by atoms with E-state index in [1.165, 1.54) is 19.3 Å². The third-order valence-electron chi connectivity index (χ3n) is 3.98. The van der Waals surface area contributed by atoms with Gasteiger partial charge in [-0.25, -0.2) is 0 Å². The molecule has 0 unspecified atom stereocenters. The van der Waals surface area contributed by atoms with E-state index in [1.54, 1.807) is 7.05 Å². The normalized spacial score (nSPS) is 15.3. The van der Waals surface area contributed by atoms with Crippen LogP contribution < -0.4 is 16.0 Å². The number of halogens is 2. The van der Waals surface area contributed by atoms with E-state index in [1.807, 2.05) is 24.3 Å². The minimum absolute atomic E-state index is 0. The molecule has 0 heterocycles. The highest BCUT2D eigenvalue weighted by Crippen LogP contribution is 2.17. The van der Waals surface area contributed by atoms with E-state index in [0.29, 0.717) is 18.5 Å². The fourth-order valence-corrected chi connectivity index (χ4v) is 2.82. The number of hydrogen-bond acceptors (Lipinski definition) is 2. The smallest absolute Gasteiger partial charge is 0.239 e. The van der Waals surface area contributed by atoms with Crippen LogP contribution in [-0.4, -0.2) is 31.5 Å². The number of aliphatic imine (C=N–C) groups is 1. The number of guanidine groups is 1. The van der Waals surface area contributed by atoms with E-state index in [2.05, 4.69) is 20.9 Å². The van der Waals surface area contributed by atoms with Gasteiger partial charge in [0.15, 0.2) is 5.96 Å². The van der Waals surface area contributed by atoms with E-state index < -0.39 is 0 Å². The first-order valence-corrected chi connectivity index (χ1v) is 8.53. The van der Waals surface area contributed by atoms with Crippen molar-refractivity contribution in [1.82, 2.24) is 16.0 Å². The lowest BCUT2D eigenvalue weighted by Gasteiger charge is -2.23. The minimum atomic E-state index is 0. The summed E-state index contributed by atoms with van der Waals surface area (Å²) < 4.78 is 0. The average Bonchev–Trinajstić information content (AvgIpc) is 2.57. The topological polar surface area (TPSA) is 65.5 Å². The zero-order chi connectivity index (χ0) is 16.5. The van der Waals surface area contributed by atoms with Gasteiger partial charge in [-0.2, -0.15) is 0 Å². The van der Waals surface area contributed by atoms with Gasteiger partial charge in [-0.15, -0.1) is 24.0 Å². The van der Waals surface area contributed by atoms with E-state index in [-0.39, 0.29) is 36.4 Å². The lowest BCUT2D eigenvalue weighted by molar-refractivity contribution is -0.120. The lowest BCUT2D eigenvalue weighted by Crippen LogP contribution is -2.45. The van der Waals surface area contributed by atoms with Gasteiger partial charge in [0.05, 0.1) is 6.54 Å². The van der Waals surface area contributed by atoms with Gasteiger partial charge in [0.25, 0.3) is 0 Å². The van der Waals surface area contributed by atoms with Crippen LogP contribution in [-0.2, 0) is 11.3 Å². The highest BCUT2D eigenvalue weighted by atomic mass is 127. The molecule has 0 aliphatic heterocycles. The molecule has 1 saturated carbocycles. The monoisotopic (exact) mass is 464 g/mol. The molecule has 0 radical (unpaired) electrons. The minimum Gasteiger partial charge on any atom is -0.352 e. The Labute approximate surface area is 166 Å². The Morgan fingerprint density at radius 2 is 1.83 bits per heavy atom. The van der Waals surface area contributed by atoms with Crippen molar-refractivity contribution in [2.75, 3.05) is 13.6 Å². The Morgan fingerprint density at radius 3 is 2.46 bits per heavy atom. The van der Waals surface area contributed by atoms with Gasteiger partial charge in [-0.05, 0) is 30.5 Å². The summed E-state index contributed by atoms with van der Waals surface area (Å²) >= 11 is 5.87. The zero-order valence-electron chi connectivity index (χ0n) is 14.0. The van der Waals surface area contributed by atoms with Crippen LogP contribution in [0.3, 0.4) is 0 Å². The molecular weight excluding hydrogens is 439 g/mol. The Balaban J connectivity index is 0.00000288. The molecule has 24 heavy (non-hydrogen) atoms. The van der Waals surface area contributed by atoms with Gasteiger partial charge in [-0.3, -0.25) is 9.79 Å². The van der Waals surface area contributed by atoms with Crippen LogP contribution in [0.15, 0.2) is 29.3 Å². The molecule has 1 fully saturated rings. The van der Waals surface area contributed by atoms with E-state index >= 15 is 0 Å². The van der Waals surface area contributed by atoms with Gasteiger partial charge >= 0.3 is 0 Å². The second-order valence-corrected chi connectivity index (χ2v) is 6.24. The molecule has 1 aliphatic rings. The lowest BCUT2D eigenvalue weighted by atomic mass is 9.95. The maximum Gasteiger partial charge on any atom is 0.239 e. The number of carbonyl (C=O) groups excluding carboxylic acids is 1. The summed E-state index contributed by atoms with van der Waals surface area (Å²) in [5.74, 6) is 0.630. The van der Waals surface area contributed by atoms with E-state index in [4.69, 9.17) is 11.6 Å². The van der Waals surface area contributed by atoms with Crippen LogP contribution in [0.5, 0.6) is 0 Å². The van der Waals surface area contributed by atoms with E-state index in [0.717, 1.165) is 23.4 Å². The van der Waals surface area contributed by atoms with Crippen LogP contribution in [0, 0.1) is 0 Å². The first-order valence-electron chi connectivity index (χ1n) is 8.15. The van der Waals surface area contributed by atoms with Gasteiger partial charge in [0, 0.05) is 24.7 Å². The predicted molar refractivity (Wildman–Crippen MR) is 110 cm³/mol. The van der Waals surface area contributed by atoms with Crippen LogP contribution in [0.25, 0.3) is 0 Å². The van der Waals surface area contributed by atoms with Crippen molar-refractivity contribution in [3.8, 4) is 0 Å². The van der Waals surface area contributed by atoms with Crippen molar-refractivity contribution in [3.05, 3.63) is 34.9 Å². The SMILES string of the molecule is CN=C(NCC(=O)NC1CCCCC1)NCc1ccc(Cl)cc1.I. The standard InChI is InChI=1S/C17H25ClN4O.HI/c1-19-17(20-11-13-7-9-14(18)10-8-13)21-12-16(23)22-15-5-3-2-4-6-15;/h7-10,15H,2-6,11-12H2,1H3,(H,22,23)(H2,19,20,21);1H. The maximum absolute atomic E-state index is 12.0. The van der Waals surface area contributed by atoms with Crippen LogP contribution in [0.1, 0.15) is 37.7 Å². The van der Waals surface area contributed by atoms with Crippen molar-refractivity contribution >= 4 is 47.4 Å². The summed E-state index contributed by atoms with van der Waals surface area (Å²) in [6.45, 7) is 0.859. The summed E-state index contributed by atoms with van der Waals surface area (Å²) in [7, 11) is 1.69. The zero-order valence-corrected chi connectivity index (χ0v) is 17.1. The van der Waals surface area contributed by atoms with Crippen LogP contribution >= 0.6 is 35.6 Å². The number of nitrogens with zero attached hydrogens (tertiary/aromatic N) is 1. The summed E-state index contributed by atoms with van der Waals surface area (Å²) in [5.41, 5.74) is 1.10. The molecule has 0 bridgehead atoms. The van der Waals surface area contributed by atoms with Gasteiger partial charge in [0.2, 0.25) is 5.91 Å². The summed E-state index contributed by atoms with van der Waals surface area (Å²) in [5, 5.41) is 10.0. The average molecular weight is 465 g/mol. The molecule has 0 atom stereocenters. The fraction of sp³-hybridized carbons (Fsp3) is 0.529. The molecule has 0 saturated heterocycles. The Morgan fingerprint density at radius 1 is 1.17 bits per heavy atom. The summed E-state index contributed by atoms with van der Waals surface area (Å²) in [6.07, 6.45) is 5.89. The number of carbonyl (C=O) groups is 1. The Hall–Kier alpha value is -1.02. The number of hydrogen-bond donors (Lipinski definition) is 3. The Kier molecular flexibility index (Phi) is 10.1. The molecule has 2 rings (SSSR count). The number of amides is 1. The Bertz CT molecular complexity index is 530. The molecule has 0 aromatic heterocycles. The quantitative estimate of drug-likeness (QED) is 0.356. The molecule has 1 aromatic rings. The highest BCUT2D eigenvalue weighted by Gasteiger charge is 2.15. The first kappa shape index (κ1) is 21.0.